The first-order valence-corrected chi connectivity index (χ1v) is 9.44. The molecular weight excluding hydrogens is 326 g/mol. The van der Waals surface area contributed by atoms with Gasteiger partial charge in [0.25, 0.3) is 0 Å². The number of aromatic nitrogens is 2. The monoisotopic (exact) mass is 347 g/mol. The largest absolute Gasteiger partial charge is 0.325 e. The van der Waals surface area contributed by atoms with Crippen LogP contribution < -0.4 is 5.73 Å². The Hall–Kier alpha value is -2.43. The van der Waals surface area contributed by atoms with E-state index in [1.807, 2.05) is 0 Å². The van der Waals surface area contributed by atoms with Gasteiger partial charge in [-0.25, -0.2) is 4.98 Å². The summed E-state index contributed by atoms with van der Waals surface area (Å²) in [6.07, 6.45) is 1.04. The molecule has 2 aromatic heterocycles. The molecule has 2 N–H and O–H groups in total. The second-order valence-corrected chi connectivity index (χ2v) is 7.10. The van der Waals surface area contributed by atoms with E-state index >= 15 is 0 Å². The standard InChI is InChI=1S/C21H21N3S/c1-3-15-6-10-17(11-7-15)20-18(12-22)24-19(13-25-21(24)23-20)16-8-4-14(2)5-9-16/h4-11,13H,3,12,22H2,1-2H3. The highest BCUT2D eigenvalue weighted by Gasteiger charge is 2.17. The molecule has 0 unspecified atom stereocenters. The normalized spacial score (nSPS) is 11.3. The number of nitrogens with two attached hydrogens (primary N) is 1. The van der Waals surface area contributed by atoms with Crippen molar-refractivity contribution >= 4 is 16.3 Å². The van der Waals surface area contributed by atoms with Crippen molar-refractivity contribution in [1.82, 2.24) is 9.38 Å². The van der Waals surface area contributed by atoms with Crippen LogP contribution in [-0.4, -0.2) is 9.38 Å². The van der Waals surface area contributed by atoms with Crippen LogP contribution in [0.25, 0.3) is 27.5 Å². The number of aryl methyl sites for hydroxylation is 2. The second-order valence-electron chi connectivity index (χ2n) is 6.27. The third-order valence-corrected chi connectivity index (χ3v) is 5.46. The van der Waals surface area contributed by atoms with Crippen LogP contribution in [0.5, 0.6) is 0 Å². The SMILES string of the molecule is CCc1ccc(-c2nc3scc(-c4ccc(C)cc4)n3c2CN)cc1. The lowest BCUT2D eigenvalue weighted by atomic mass is 10.1. The number of hydrogen-bond donors (Lipinski definition) is 1. The summed E-state index contributed by atoms with van der Waals surface area (Å²) < 4.78 is 2.21. The molecule has 0 radical (unpaired) electrons. The molecule has 2 heterocycles. The molecule has 0 aliphatic carbocycles. The molecule has 0 atom stereocenters. The molecule has 0 spiro atoms. The van der Waals surface area contributed by atoms with Crippen LogP contribution in [-0.2, 0) is 13.0 Å². The zero-order valence-electron chi connectivity index (χ0n) is 14.5. The van der Waals surface area contributed by atoms with Crippen LogP contribution in [0, 0.1) is 6.92 Å². The third-order valence-electron chi connectivity index (χ3n) is 4.64. The predicted octanol–water partition coefficient (Wildman–Crippen LogP) is 5.06. The van der Waals surface area contributed by atoms with Gasteiger partial charge in [-0.2, -0.15) is 0 Å². The highest BCUT2D eigenvalue weighted by molar-refractivity contribution is 7.15. The highest BCUT2D eigenvalue weighted by atomic mass is 32.1. The minimum atomic E-state index is 0.460. The minimum absolute atomic E-state index is 0.460. The first-order valence-electron chi connectivity index (χ1n) is 8.56. The van der Waals surface area contributed by atoms with Gasteiger partial charge in [-0.3, -0.25) is 4.40 Å². The molecule has 0 saturated carbocycles. The minimum Gasteiger partial charge on any atom is -0.325 e. The lowest BCUT2D eigenvalue weighted by molar-refractivity contribution is 0.973. The lowest BCUT2D eigenvalue weighted by Crippen LogP contribution is -2.03. The zero-order valence-corrected chi connectivity index (χ0v) is 15.3. The van der Waals surface area contributed by atoms with Crippen LogP contribution in [0.15, 0.2) is 53.9 Å². The molecule has 0 aliphatic heterocycles. The molecule has 0 aliphatic rings. The summed E-state index contributed by atoms with van der Waals surface area (Å²) in [5.41, 5.74) is 14.3. The number of imidazole rings is 1. The Kier molecular flexibility index (Phi) is 4.15. The average Bonchev–Trinajstić information content (AvgIpc) is 3.21. The Morgan fingerprint density at radius 1 is 1.00 bits per heavy atom. The molecule has 25 heavy (non-hydrogen) atoms. The number of hydrogen-bond acceptors (Lipinski definition) is 3. The Balaban J connectivity index is 1.88. The van der Waals surface area contributed by atoms with Crippen LogP contribution in [0.3, 0.4) is 0 Å². The van der Waals surface area contributed by atoms with Crippen molar-refractivity contribution in [1.29, 1.82) is 0 Å². The van der Waals surface area contributed by atoms with E-state index in [1.165, 1.54) is 16.7 Å². The molecule has 4 rings (SSSR count). The fraction of sp³-hybridized carbons (Fsp3) is 0.190. The molecule has 3 nitrogen and oxygen atoms in total. The van der Waals surface area contributed by atoms with Gasteiger partial charge in [0.2, 0.25) is 0 Å². The maximum Gasteiger partial charge on any atom is 0.195 e. The van der Waals surface area contributed by atoms with Crippen molar-refractivity contribution in [2.24, 2.45) is 5.73 Å². The van der Waals surface area contributed by atoms with E-state index in [2.05, 4.69) is 72.2 Å². The van der Waals surface area contributed by atoms with Gasteiger partial charge in [0.15, 0.2) is 4.96 Å². The van der Waals surface area contributed by atoms with E-state index in [9.17, 15) is 0 Å². The second kappa shape index (κ2) is 6.47. The van der Waals surface area contributed by atoms with Crippen molar-refractivity contribution in [3.63, 3.8) is 0 Å². The molecule has 4 heteroatoms. The van der Waals surface area contributed by atoms with Gasteiger partial charge in [-0.05, 0) is 24.5 Å². The van der Waals surface area contributed by atoms with Gasteiger partial charge in [-0.1, -0.05) is 61.0 Å². The Morgan fingerprint density at radius 2 is 1.68 bits per heavy atom. The maximum absolute atomic E-state index is 6.13. The van der Waals surface area contributed by atoms with Crippen molar-refractivity contribution in [2.75, 3.05) is 0 Å². The number of nitrogens with zero attached hydrogens (tertiary/aromatic N) is 2. The molecule has 126 valence electrons. The van der Waals surface area contributed by atoms with E-state index < -0.39 is 0 Å². The van der Waals surface area contributed by atoms with Crippen molar-refractivity contribution in [2.45, 2.75) is 26.8 Å². The third kappa shape index (κ3) is 2.77. The molecular formula is C21H21N3S. The molecule has 0 fully saturated rings. The van der Waals surface area contributed by atoms with Gasteiger partial charge in [0, 0.05) is 17.5 Å². The van der Waals surface area contributed by atoms with Crippen LogP contribution in [0.1, 0.15) is 23.7 Å². The van der Waals surface area contributed by atoms with E-state index in [-0.39, 0.29) is 0 Å². The van der Waals surface area contributed by atoms with Crippen molar-refractivity contribution in [3.8, 4) is 22.5 Å². The van der Waals surface area contributed by atoms with Crippen LogP contribution >= 0.6 is 11.3 Å². The predicted molar refractivity (Wildman–Crippen MR) is 106 cm³/mol. The lowest BCUT2D eigenvalue weighted by Gasteiger charge is -2.06. The van der Waals surface area contributed by atoms with Gasteiger partial charge in [0.1, 0.15) is 0 Å². The van der Waals surface area contributed by atoms with Gasteiger partial charge < -0.3 is 5.73 Å². The Labute approximate surface area is 151 Å². The summed E-state index contributed by atoms with van der Waals surface area (Å²) in [6.45, 7) is 4.73. The summed E-state index contributed by atoms with van der Waals surface area (Å²) in [5.74, 6) is 0. The summed E-state index contributed by atoms with van der Waals surface area (Å²) in [5, 5.41) is 2.16. The quantitative estimate of drug-likeness (QED) is 0.561. The van der Waals surface area contributed by atoms with E-state index in [0.29, 0.717) is 6.54 Å². The topological polar surface area (TPSA) is 43.3 Å². The van der Waals surface area contributed by atoms with Gasteiger partial charge >= 0.3 is 0 Å². The summed E-state index contributed by atoms with van der Waals surface area (Å²) >= 11 is 1.66. The number of thiazole rings is 1. The van der Waals surface area contributed by atoms with Crippen molar-refractivity contribution < 1.29 is 0 Å². The van der Waals surface area contributed by atoms with E-state index in [0.717, 1.165) is 34.0 Å². The molecule has 0 bridgehead atoms. The van der Waals surface area contributed by atoms with Gasteiger partial charge in [-0.15, -0.1) is 11.3 Å². The number of rotatable bonds is 4. The fourth-order valence-electron chi connectivity index (χ4n) is 3.16. The maximum atomic E-state index is 6.13. The first kappa shape index (κ1) is 16.1. The Bertz CT molecular complexity index is 1010. The molecule has 0 saturated heterocycles. The molecule has 4 aromatic rings. The number of benzene rings is 2. The van der Waals surface area contributed by atoms with Crippen LogP contribution in [0.4, 0.5) is 0 Å². The molecule has 0 amide bonds. The first-order chi connectivity index (χ1) is 12.2. The average molecular weight is 347 g/mol. The number of fused-ring (bicyclic) bond motifs is 1. The summed E-state index contributed by atoms with van der Waals surface area (Å²) in [4.78, 5) is 5.87. The smallest absolute Gasteiger partial charge is 0.195 e. The van der Waals surface area contributed by atoms with Crippen molar-refractivity contribution in [3.05, 3.63) is 70.7 Å². The summed E-state index contributed by atoms with van der Waals surface area (Å²) in [6, 6.07) is 17.2. The van der Waals surface area contributed by atoms with E-state index in [4.69, 9.17) is 10.7 Å². The summed E-state index contributed by atoms with van der Waals surface area (Å²) in [7, 11) is 0. The molecule has 2 aromatic carbocycles. The highest BCUT2D eigenvalue weighted by Crippen LogP contribution is 2.33. The van der Waals surface area contributed by atoms with Crippen LogP contribution in [0.2, 0.25) is 0 Å². The Morgan fingerprint density at radius 3 is 2.32 bits per heavy atom. The zero-order chi connectivity index (χ0) is 17.4. The van der Waals surface area contributed by atoms with E-state index in [1.54, 1.807) is 11.3 Å². The van der Waals surface area contributed by atoms with Gasteiger partial charge in [0.05, 0.1) is 17.1 Å². The fourth-order valence-corrected chi connectivity index (χ4v) is 4.08.